The van der Waals surface area contributed by atoms with E-state index in [-0.39, 0.29) is 6.54 Å². The molecule has 16 heavy (non-hydrogen) atoms. The highest BCUT2D eigenvalue weighted by molar-refractivity contribution is 5.77. The van der Waals surface area contributed by atoms with Gasteiger partial charge < -0.3 is 4.42 Å². The Kier molecular flexibility index (Phi) is 2.61. The average Bonchev–Trinajstić information content (AvgIpc) is 2.29. The number of para-hydroxylation sites is 1. The van der Waals surface area contributed by atoms with Crippen molar-refractivity contribution >= 4 is 10.9 Å². The Labute approximate surface area is 91.1 Å². The summed E-state index contributed by atoms with van der Waals surface area (Å²) >= 11 is 0. The first-order chi connectivity index (χ1) is 7.74. The van der Waals surface area contributed by atoms with E-state index in [0.717, 1.165) is 0 Å². The van der Waals surface area contributed by atoms with E-state index in [2.05, 4.69) is 16.3 Å². The molecule has 0 radical (unpaired) electrons. The predicted molar refractivity (Wildman–Crippen MR) is 60.2 cm³/mol. The molecule has 0 aliphatic rings. The Hall–Kier alpha value is -2.28. The lowest BCUT2D eigenvalue weighted by molar-refractivity contribution is 0.427. The minimum Gasteiger partial charge on any atom is -0.372 e. The molecule has 2 aromatic rings. The molecule has 0 fully saturated rings. The molecule has 0 aliphatic heterocycles. The van der Waals surface area contributed by atoms with Crippen molar-refractivity contribution in [1.29, 1.82) is 0 Å². The highest BCUT2D eigenvalue weighted by atomic mass is 16.4. The fraction of sp³-hybridized carbons (Fsp3) is 0.167. The maximum Gasteiger partial charge on any atom is 0.423 e. The third-order valence-electron chi connectivity index (χ3n) is 2.23. The van der Waals surface area contributed by atoms with Gasteiger partial charge in [-0.1, -0.05) is 18.1 Å². The summed E-state index contributed by atoms with van der Waals surface area (Å²) in [6.07, 6.45) is 0. The number of benzene rings is 1. The van der Waals surface area contributed by atoms with Gasteiger partial charge in [-0.2, -0.15) is 0 Å². The third-order valence-corrected chi connectivity index (χ3v) is 2.23. The van der Waals surface area contributed by atoms with Gasteiger partial charge >= 0.3 is 11.4 Å². The van der Waals surface area contributed by atoms with Gasteiger partial charge in [0.15, 0.2) is 0 Å². The normalized spacial score (nSPS) is 9.81. The van der Waals surface area contributed by atoms with Gasteiger partial charge in [0.05, 0.1) is 17.4 Å². The van der Waals surface area contributed by atoms with Gasteiger partial charge in [-0.3, -0.25) is 4.57 Å². The Morgan fingerprint density at radius 3 is 2.81 bits per heavy atom. The molecular weight excluding hydrogens is 206 g/mol. The zero-order valence-electron chi connectivity index (χ0n) is 8.69. The fourth-order valence-corrected chi connectivity index (χ4v) is 1.48. The minimum absolute atomic E-state index is 0.222. The Balaban J connectivity index is 2.85. The van der Waals surface area contributed by atoms with Crippen LogP contribution in [0.15, 0.2) is 38.3 Å². The summed E-state index contributed by atoms with van der Waals surface area (Å²) in [7, 11) is 0. The van der Waals surface area contributed by atoms with Gasteiger partial charge in [0, 0.05) is 0 Å². The van der Waals surface area contributed by atoms with Crippen LogP contribution < -0.4 is 11.4 Å². The van der Waals surface area contributed by atoms with Crippen molar-refractivity contribution in [3.63, 3.8) is 0 Å². The Morgan fingerprint density at radius 1 is 1.31 bits per heavy atom. The Morgan fingerprint density at radius 2 is 2.06 bits per heavy atom. The molecule has 0 unspecified atom stereocenters. The van der Waals surface area contributed by atoms with E-state index >= 15 is 0 Å². The van der Waals surface area contributed by atoms with E-state index in [1.54, 1.807) is 31.2 Å². The molecular formula is C12H9NO3. The summed E-state index contributed by atoms with van der Waals surface area (Å²) in [6, 6.07) is 6.80. The van der Waals surface area contributed by atoms with Gasteiger partial charge in [0.1, 0.15) is 0 Å². The molecule has 0 atom stereocenters. The predicted octanol–water partition coefficient (Wildman–Crippen LogP) is 0.978. The molecule has 0 spiro atoms. The van der Waals surface area contributed by atoms with E-state index in [4.69, 9.17) is 0 Å². The second-order valence-corrected chi connectivity index (χ2v) is 3.19. The quantitative estimate of drug-likeness (QED) is 0.666. The van der Waals surface area contributed by atoms with Crippen molar-refractivity contribution in [3.8, 4) is 11.8 Å². The first kappa shape index (κ1) is 10.2. The fourth-order valence-electron chi connectivity index (χ4n) is 1.48. The highest BCUT2D eigenvalue weighted by Gasteiger charge is 2.06. The van der Waals surface area contributed by atoms with Crippen LogP contribution in [0.5, 0.6) is 0 Å². The van der Waals surface area contributed by atoms with Crippen LogP contribution in [0.1, 0.15) is 6.92 Å². The lowest BCUT2D eigenvalue weighted by atomic mass is 10.2. The molecule has 0 saturated heterocycles. The summed E-state index contributed by atoms with van der Waals surface area (Å²) in [6.45, 7) is 1.91. The van der Waals surface area contributed by atoms with Crippen molar-refractivity contribution in [2.24, 2.45) is 0 Å². The second kappa shape index (κ2) is 4.07. The van der Waals surface area contributed by atoms with Crippen LogP contribution in [0.4, 0.5) is 0 Å². The standard InChI is InChI=1S/C12H9NO3/c1-2-3-8-13-10-7-5-4-6-9(10)11(14)16-12(13)15/h4-7H,8H2,1H3. The average molecular weight is 215 g/mol. The van der Waals surface area contributed by atoms with Gasteiger partial charge in [-0.05, 0) is 19.1 Å². The highest BCUT2D eigenvalue weighted by Crippen LogP contribution is 2.06. The van der Waals surface area contributed by atoms with Crippen LogP contribution in [0.25, 0.3) is 10.9 Å². The lowest BCUT2D eigenvalue weighted by Crippen LogP contribution is -2.24. The van der Waals surface area contributed by atoms with E-state index < -0.39 is 11.4 Å². The number of rotatable bonds is 1. The van der Waals surface area contributed by atoms with Gasteiger partial charge in [0.25, 0.3) is 0 Å². The molecule has 0 saturated carbocycles. The molecule has 0 bridgehead atoms. The zero-order chi connectivity index (χ0) is 11.5. The minimum atomic E-state index is -0.675. The number of aromatic nitrogens is 1. The van der Waals surface area contributed by atoms with Gasteiger partial charge in [-0.25, -0.2) is 9.59 Å². The van der Waals surface area contributed by atoms with Crippen molar-refractivity contribution in [2.75, 3.05) is 0 Å². The van der Waals surface area contributed by atoms with E-state index in [1.807, 2.05) is 0 Å². The largest absolute Gasteiger partial charge is 0.423 e. The number of nitrogens with zero attached hydrogens (tertiary/aromatic N) is 1. The summed E-state index contributed by atoms with van der Waals surface area (Å²) in [4.78, 5) is 22.9. The second-order valence-electron chi connectivity index (χ2n) is 3.19. The molecule has 2 rings (SSSR count). The van der Waals surface area contributed by atoms with Crippen LogP contribution in [0, 0.1) is 11.8 Å². The monoisotopic (exact) mass is 215 g/mol. The molecule has 0 amide bonds. The molecule has 1 aromatic carbocycles. The van der Waals surface area contributed by atoms with E-state index in [1.165, 1.54) is 4.57 Å². The van der Waals surface area contributed by atoms with Gasteiger partial charge in [-0.15, -0.1) is 5.92 Å². The first-order valence-electron chi connectivity index (χ1n) is 4.76. The molecule has 0 aliphatic carbocycles. The molecule has 1 aromatic heterocycles. The molecule has 80 valence electrons. The van der Waals surface area contributed by atoms with Crippen molar-refractivity contribution in [3.05, 3.63) is 45.2 Å². The lowest BCUT2D eigenvalue weighted by Gasteiger charge is -2.03. The van der Waals surface area contributed by atoms with Crippen LogP contribution in [-0.4, -0.2) is 4.57 Å². The van der Waals surface area contributed by atoms with E-state index in [9.17, 15) is 9.59 Å². The maximum atomic E-state index is 11.5. The molecule has 4 nitrogen and oxygen atoms in total. The Bertz CT molecular complexity index is 698. The van der Waals surface area contributed by atoms with Crippen LogP contribution in [0.2, 0.25) is 0 Å². The van der Waals surface area contributed by atoms with Crippen molar-refractivity contribution in [2.45, 2.75) is 13.5 Å². The summed E-state index contributed by atoms with van der Waals surface area (Å²) < 4.78 is 5.94. The van der Waals surface area contributed by atoms with E-state index in [0.29, 0.717) is 10.9 Å². The van der Waals surface area contributed by atoms with Gasteiger partial charge in [0.2, 0.25) is 0 Å². The summed E-state index contributed by atoms with van der Waals surface area (Å²) in [5.74, 6) is 4.79. The topological polar surface area (TPSA) is 52.2 Å². The first-order valence-corrected chi connectivity index (χ1v) is 4.76. The molecule has 4 heteroatoms. The maximum absolute atomic E-state index is 11.5. The molecule has 0 N–H and O–H groups in total. The molecule has 1 heterocycles. The number of hydrogen-bond acceptors (Lipinski definition) is 3. The van der Waals surface area contributed by atoms with Crippen molar-refractivity contribution < 1.29 is 4.42 Å². The zero-order valence-corrected chi connectivity index (χ0v) is 8.69. The summed E-state index contributed by atoms with van der Waals surface area (Å²) in [5.41, 5.74) is -0.0622. The summed E-state index contributed by atoms with van der Waals surface area (Å²) in [5, 5.41) is 0.389. The number of fused-ring (bicyclic) bond motifs is 1. The van der Waals surface area contributed by atoms with Crippen LogP contribution in [0.3, 0.4) is 0 Å². The van der Waals surface area contributed by atoms with Crippen LogP contribution in [-0.2, 0) is 6.54 Å². The third kappa shape index (κ3) is 1.63. The van der Waals surface area contributed by atoms with Crippen LogP contribution >= 0.6 is 0 Å². The van der Waals surface area contributed by atoms with Crippen molar-refractivity contribution in [1.82, 2.24) is 4.57 Å². The number of hydrogen-bond donors (Lipinski definition) is 0. The SMILES string of the molecule is CC#CCn1c(=O)oc(=O)c2ccccc21. The smallest absolute Gasteiger partial charge is 0.372 e.